The number of halogens is 2. The molecule has 5 atom stereocenters. The number of esters is 1. The van der Waals surface area contributed by atoms with E-state index in [-0.39, 0.29) is 54.1 Å². The van der Waals surface area contributed by atoms with Crippen LogP contribution in [0.5, 0.6) is 0 Å². The number of hydrogen-bond acceptors (Lipinski definition) is 9. The molecule has 1 aromatic carbocycles. The predicted octanol–water partition coefficient (Wildman–Crippen LogP) is 2.89. The maximum atomic E-state index is 15.1. The molecule has 0 amide bonds. The van der Waals surface area contributed by atoms with Crippen LogP contribution in [0.4, 0.5) is 8.78 Å². The summed E-state index contributed by atoms with van der Waals surface area (Å²) in [4.78, 5) is 35.9. The number of carbonyl (C=O) groups is 2. The van der Waals surface area contributed by atoms with E-state index >= 15 is 4.39 Å². The maximum Gasteiger partial charge on any atom is 0.338 e. The maximum absolute atomic E-state index is 15.1. The number of rotatable bonds is 8. The van der Waals surface area contributed by atoms with Crippen LogP contribution >= 0.6 is 11.3 Å². The minimum atomic E-state index is -1.15. The SMILES string of the molecule is CCOC(=O)C1=C(CN2C3COCC34C(CC(=O)O)CC24)NC(c2nccs2)=NC1c1cccc(F)c1F. The summed E-state index contributed by atoms with van der Waals surface area (Å²) in [7, 11) is 0. The lowest BCUT2D eigenvalue weighted by molar-refractivity contribution is -0.222. The van der Waals surface area contributed by atoms with E-state index in [1.165, 1.54) is 23.5 Å². The second-order valence-corrected chi connectivity index (χ2v) is 10.9. The summed E-state index contributed by atoms with van der Waals surface area (Å²) >= 11 is 1.33. The number of carboxylic acids is 1. The lowest BCUT2D eigenvalue weighted by Gasteiger charge is -2.71. The monoisotopic (exact) mass is 544 g/mol. The van der Waals surface area contributed by atoms with Gasteiger partial charge in [-0.1, -0.05) is 12.1 Å². The molecule has 200 valence electrons. The van der Waals surface area contributed by atoms with Gasteiger partial charge in [-0.05, 0) is 25.3 Å². The minimum absolute atomic E-state index is 0.00474. The number of aliphatic imine (C=N–C) groups is 1. The Hall–Kier alpha value is -3.22. The molecule has 4 aliphatic rings. The number of piperidine rings is 1. The molecule has 2 saturated heterocycles. The van der Waals surface area contributed by atoms with Crippen molar-refractivity contribution < 1.29 is 33.0 Å². The van der Waals surface area contributed by atoms with Gasteiger partial charge >= 0.3 is 11.9 Å². The smallest absolute Gasteiger partial charge is 0.338 e. The summed E-state index contributed by atoms with van der Waals surface area (Å²) in [5, 5.41) is 14.9. The average molecular weight is 545 g/mol. The van der Waals surface area contributed by atoms with Crippen LogP contribution in [0.3, 0.4) is 0 Å². The van der Waals surface area contributed by atoms with Crippen molar-refractivity contribution in [2.24, 2.45) is 16.3 Å². The lowest BCUT2D eigenvalue weighted by Crippen LogP contribution is -2.80. The van der Waals surface area contributed by atoms with Gasteiger partial charge < -0.3 is 19.9 Å². The molecule has 12 heteroatoms. The second-order valence-electron chi connectivity index (χ2n) is 9.96. The number of amidine groups is 1. The van der Waals surface area contributed by atoms with Gasteiger partial charge in [0.1, 0.15) is 6.04 Å². The minimum Gasteiger partial charge on any atom is -0.481 e. The zero-order valence-electron chi connectivity index (χ0n) is 20.5. The zero-order chi connectivity index (χ0) is 26.6. The van der Waals surface area contributed by atoms with Crippen molar-refractivity contribution in [1.29, 1.82) is 0 Å². The van der Waals surface area contributed by atoms with Crippen LogP contribution in [0.1, 0.15) is 36.4 Å². The van der Waals surface area contributed by atoms with Crippen molar-refractivity contribution in [3.05, 3.63) is 63.3 Å². The highest BCUT2D eigenvalue weighted by molar-refractivity contribution is 7.11. The molecule has 1 saturated carbocycles. The summed E-state index contributed by atoms with van der Waals surface area (Å²) in [5.74, 6) is -3.22. The van der Waals surface area contributed by atoms with Gasteiger partial charge in [-0.15, -0.1) is 11.3 Å². The van der Waals surface area contributed by atoms with Gasteiger partial charge in [-0.3, -0.25) is 14.7 Å². The number of aliphatic carboxylic acids is 1. The quantitative estimate of drug-likeness (QED) is 0.488. The molecule has 3 fully saturated rings. The summed E-state index contributed by atoms with van der Waals surface area (Å²) in [5.41, 5.74) is 0.292. The van der Waals surface area contributed by atoms with E-state index in [4.69, 9.17) is 9.47 Å². The molecule has 1 spiro atoms. The van der Waals surface area contributed by atoms with Gasteiger partial charge in [0.2, 0.25) is 0 Å². The fourth-order valence-electron chi connectivity index (χ4n) is 6.57. The Morgan fingerprint density at radius 1 is 1.34 bits per heavy atom. The molecule has 9 nitrogen and oxygen atoms in total. The first-order chi connectivity index (χ1) is 18.3. The number of aromatic nitrogens is 1. The zero-order valence-corrected chi connectivity index (χ0v) is 21.3. The predicted molar refractivity (Wildman–Crippen MR) is 132 cm³/mol. The molecule has 3 aliphatic heterocycles. The van der Waals surface area contributed by atoms with Crippen LogP contribution in [0, 0.1) is 23.0 Å². The Bertz CT molecular complexity index is 1350. The van der Waals surface area contributed by atoms with Crippen LogP contribution in [0.2, 0.25) is 0 Å². The highest BCUT2D eigenvalue weighted by atomic mass is 32.1. The summed E-state index contributed by atoms with van der Waals surface area (Å²) in [6, 6.07) is 2.76. The first-order valence-corrected chi connectivity index (χ1v) is 13.4. The van der Waals surface area contributed by atoms with Crippen molar-refractivity contribution in [3.63, 3.8) is 0 Å². The summed E-state index contributed by atoms with van der Waals surface area (Å²) < 4.78 is 40.5. The molecular formula is C26H26F2N4O5S. The number of ether oxygens (including phenoxy) is 2. The molecule has 4 heterocycles. The molecule has 0 radical (unpaired) electrons. The Labute approximate surface area is 221 Å². The third kappa shape index (κ3) is 3.76. The van der Waals surface area contributed by atoms with E-state index in [2.05, 4.69) is 20.2 Å². The van der Waals surface area contributed by atoms with Gasteiger partial charge in [0.25, 0.3) is 0 Å². The van der Waals surface area contributed by atoms with E-state index in [0.717, 1.165) is 6.07 Å². The number of nitrogens with zero attached hydrogens (tertiary/aromatic N) is 3. The molecule has 2 aromatic rings. The second kappa shape index (κ2) is 9.51. The fraction of sp³-hybridized carbons (Fsp3) is 0.462. The van der Waals surface area contributed by atoms with Crippen LogP contribution in [-0.4, -0.2) is 71.2 Å². The van der Waals surface area contributed by atoms with Gasteiger partial charge in [0.05, 0.1) is 25.4 Å². The highest BCUT2D eigenvalue weighted by Gasteiger charge is 2.73. The number of carbonyl (C=O) groups excluding carboxylic acids is 1. The molecule has 38 heavy (non-hydrogen) atoms. The summed E-state index contributed by atoms with van der Waals surface area (Å²) in [6.45, 7) is 3.03. The average Bonchev–Trinajstić information content (AvgIpc) is 3.57. The van der Waals surface area contributed by atoms with E-state index in [1.54, 1.807) is 18.5 Å². The van der Waals surface area contributed by atoms with Gasteiger partial charge in [0.15, 0.2) is 22.5 Å². The highest BCUT2D eigenvalue weighted by Crippen LogP contribution is 2.65. The Morgan fingerprint density at radius 2 is 2.18 bits per heavy atom. The molecule has 0 bridgehead atoms. The Balaban J connectivity index is 1.40. The number of hydrogen-bond donors (Lipinski definition) is 2. The van der Waals surface area contributed by atoms with E-state index < -0.39 is 29.6 Å². The normalized spacial score (nSPS) is 29.9. The topological polar surface area (TPSA) is 113 Å². The number of nitrogens with one attached hydrogen (secondary N) is 1. The van der Waals surface area contributed by atoms with E-state index in [0.29, 0.717) is 36.2 Å². The van der Waals surface area contributed by atoms with Gasteiger partial charge in [0, 0.05) is 53.3 Å². The first kappa shape index (κ1) is 25.1. The first-order valence-electron chi connectivity index (χ1n) is 12.5. The van der Waals surface area contributed by atoms with Gasteiger partial charge in [-0.25, -0.2) is 18.6 Å². The van der Waals surface area contributed by atoms with Crippen LogP contribution in [0.15, 0.2) is 46.0 Å². The molecular weight excluding hydrogens is 518 g/mol. The Kier molecular flexibility index (Phi) is 6.28. The molecule has 6 rings (SSSR count). The van der Waals surface area contributed by atoms with Crippen LogP contribution in [-0.2, 0) is 19.1 Å². The van der Waals surface area contributed by atoms with E-state index in [9.17, 15) is 19.1 Å². The third-order valence-corrected chi connectivity index (χ3v) is 9.01. The molecule has 2 N–H and O–H groups in total. The number of likely N-dealkylation sites (tertiary alicyclic amines) is 1. The fourth-order valence-corrected chi connectivity index (χ4v) is 7.16. The third-order valence-electron chi connectivity index (χ3n) is 8.23. The van der Waals surface area contributed by atoms with Gasteiger partial charge in [-0.2, -0.15) is 0 Å². The molecule has 1 aliphatic carbocycles. The van der Waals surface area contributed by atoms with Crippen molar-refractivity contribution >= 4 is 29.1 Å². The number of thiazole rings is 1. The summed E-state index contributed by atoms with van der Waals surface area (Å²) in [6.07, 6.45) is 2.42. The molecule has 1 aromatic heterocycles. The van der Waals surface area contributed by atoms with Crippen molar-refractivity contribution in [2.45, 2.75) is 37.9 Å². The number of benzene rings is 1. The molecule has 5 unspecified atom stereocenters. The van der Waals surface area contributed by atoms with E-state index in [1.807, 2.05) is 0 Å². The van der Waals surface area contributed by atoms with Crippen molar-refractivity contribution in [3.8, 4) is 0 Å². The lowest BCUT2D eigenvalue weighted by atomic mass is 9.46. The van der Waals surface area contributed by atoms with Crippen LogP contribution < -0.4 is 5.32 Å². The Morgan fingerprint density at radius 3 is 2.92 bits per heavy atom. The van der Waals surface area contributed by atoms with Crippen molar-refractivity contribution in [1.82, 2.24) is 15.2 Å². The van der Waals surface area contributed by atoms with Crippen molar-refractivity contribution in [2.75, 3.05) is 26.4 Å². The number of carboxylic acid groups (broad SMARTS) is 1. The standard InChI is InChI=1S/C26H26F2N4O5S/c1-2-37-25(35)20-16(10-32-17-8-13(9-19(33)34)26(17)12-36-11-18(26)32)30-23(24-29-6-7-38-24)31-22(20)14-4-3-5-15(27)21(14)28/h3-7,13,17-18,22H,2,8-12H2,1H3,(H,30,31)(H,33,34). The largest absolute Gasteiger partial charge is 0.481 e. The van der Waals surface area contributed by atoms with Crippen LogP contribution in [0.25, 0.3) is 0 Å².